The minimum Gasteiger partial charge on any atom is -0.297 e. The number of fused-ring (bicyclic) bond motifs is 5. The highest BCUT2D eigenvalue weighted by molar-refractivity contribution is 5.26. The predicted molar refractivity (Wildman–Crippen MR) is 104 cm³/mol. The third-order valence-electron chi connectivity index (χ3n) is 6.99. The molecule has 0 radical (unpaired) electrons. The average Bonchev–Trinajstić information content (AvgIpc) is 3.14. The van der Waals surface area contributed by atoms with E-state index in [0.717, 1.165) is 49.2 Å². The Labute approximate surface area is 159 Å². The molecule has 5 heterocycles. The van der Waals surface area contributed by atoms with E-state index in [-0.39, 0.29) is 5.56 Å². The molecule has 27 heavy (non-hydrogen) atoms. The van der Waals surface area contributed by atoms with Crippen LogP contribution in [0.2, 0.25) is 0 Å². The highest BCUT2D eigenvalue weighted by atomic mass is 16.1. The Morgan fingerprint density at radius 3 is 3.04 bits per heavy atom. The van der Waals surface area contributed by atoms with Crippen molar-refractivity contribution in [3.05, 3.63) is 28.4 Å². The van der Waals surface area contributed by atoms with Crippen LogP contribution in [-0.4, -0.2) is 61.1 Å². The van der Waals surface area contributed by atoms with Crippen molar-refractivity contribution in [3.8, 4) is 0 Å². The van der Waals surface area contributed by atoms with Crippen LogP contribution in [0, 0.1) is 11.8 Å². The van der Waals surface area contributed by atoms with Crippen LogP contribution in [-0.2, 0) is 6.54 Å². The third kappa shape index (κ3) is 3.10. The molecule has 0 unspecified atom stereocenters. The van der Waals surface area contributed by atoms with Gasteiger partial charge in [-0.1, -0.05) is 19.8 Å². The summed E-state index contributed by atoms with van der Waals surface area (Å²) in [4.78, 5) is 26.4. The van der Waals surface area contributed by atoms with Crippen molar-refractivity contribution < 1.29 is 0 Å². The van der Waals surface area contributed by atoms with Crippen LogP contribution < -0.4 is 5.56 Å². The molecule has 0 amide bonds. The van der Waals surface area contributed by atoms with E-state index in [1.807, 2.05) is 0 Å². The van der Waals surface area contributed by atoms with Gasteiger partial charge in [0.05, 0.1) is 5.69 Å². The molecule has 3 fully saturated rings. The summed E-state index contributed by atoms with van der Waals surface area (Å²) in [6, 6.07) is 3.17. The summed E-state index contributed by atoms with van der Waals surface area (Å²) in [6.45, 7) is 6.65. The van der Waals surface area contributed by atoms with Gasteiger partial charge in [0.15, 0.2) is 0 Å². The molecule has 0 aliphatic carbocycles. The molecular formula is C20H30N6O. The van der Waals surface area contributed by atoms with Gasteiger partial charge in [-0.25, -0.2) is 9.97 Å². The van der Waals surface area contributed by atoms with Gasteiger partial charge in [-0.3, -0.25) is 19.7 Å². The first kappa shape index (κ1) is 17.4. The molecule has 2 aromatic heterocycles. The Hall–Kier alpha value is -1.73. The van der Waals surface area contributed by atoms with Gasteiger partial charge in [0.1, 0.15) is 6.33 Å². The Morgan fingerprint density at radius 1 is 1.26 bits per heavy atom. The molecule has 5 rings (SSSR count). The zero-order valence-electron chi connectivity index (χ0n) is 16.2. The van der Waals surface area contributed by atoms with E-state index in [0.29, 0.717) is 5.78 Å². The van der Waals surface area contributed by atoms with Crippen LogP contribution >= 0.6 is 0 Å². The highest BCUT2D eigenvalue weighted by Gasteiger charge is 2.46. The summed E-state index contributed by atoms with van der Waals surface area (Å²) >= 11 is 0. The number of hydrogen-bond acceptors (Lipinski definition) is 5. The van der Waals surface area contributed by atoms with Crippen molar-refractivity contribution >= 4 is 5.78 Å². The van der Waals surface area contributed by atoms with Crippen molar-refractivity contribution in [2.24, 2.45) is 11.8 Å². The quantitative estimate of drug-likeness (QED) is 0.890. The average molecular weight is 371 g/mol. The van der Waals surface area contributed by atoms with Gasteiger partial charge in [0.2, 0.25) is 0 Å². The van der Waals surface area contributed by atoms with Gasteiger partial charge in [-0.15, -0.1) is 0 Å². The minimum atomic E-state index is -0.0768. The largest absolute Gasteiger partial charge is 0.297 e. The molecule has 7 nitrogen and oxygen atoms in total. The summed E-state index contributed by atoms with van der Waals surface area (Å²) in [5, 5.41) is 2.81. The summed E-state index contributed by atoms with van der Waals surface area (Å²) < 4.78 is 1.39. The Balaban J connectivity index is 1.38. The van der Waals surface area contributed by atoms with Gasteiger partial charge < -0.3 is 0 Å². The molecule has 146 valence electrons. The Kier molecular flexibility index (Phi) is 4.52. The van der Waals surface area contributed by atoms with Gasteiger partial charge in [0, 0.05) is 37.8 Å². The van der Waals surface area contributed by atoms with E-state index in [2.05, 4.69) is 31.8 Å². The highest BCUT2D eigenvalue weighted by Crippen LogP contribution is 2.42. The van der Waals surface area contributed by atoms with E-state index in [9.17, 15) is 4.79 Å². The van der Waals surface area contributed by atoms with Gasteiger partial charge in [-0.2, -0.15) is 4.52 Å². The van der Waals surface area contributed by atoms with E-state index >= 15 is 0 Å². The summed E-state index contributed by atoms with van der Waals surface area (Å²) in [6.07, 6.45) is 9.61. The molecule has 3 aliphatic rings. The number of nitrogens with one attached hydrogen (secondary N) is 1. The van der Waals surface area contributed by atoms with Crippen LogP contribution in [0.15, 0.2) is 17.2 Å². The maximum Gasteiger partial charge on any atom is 0.274 e. The fraction of sp³-hybridized carbons (Fsp3) is 0.750. The van der Waals surface area contributed by atoms with Gasteiger partial charge in [-0.05, 0) is 44.1 Å². The lowest BCUT2D eigenvalue weighted by atomic mass is 9.71. The fourth-order valence-corrected chi connectivity index (χ4v) is 6.01. The van der Waals surface area contributed by atoms with Gasteiger partial charge >= 0.3 is 0 Å². The topological polar surface area (TPSA) is 69.5 Å². The lowest BCUT2D eigenvalue weighted by Crippen LogP contribution is -2.63. The number of likely N-dealkylation sites (tertiary alicyclic amines) is 1. The van der Waals surface area contributed by atoms with Crippen LogP contribution in [0.4, 0.5) is 0 Å². The van der Waals surface area contributed by atoms with E-state index in [1.54, 1.807) is 6.07 Å². The van der Waals surface area contributed by atoms with E-state index in [1.165, 1.54) is 55.9 Å². The van der Waals surface area contributed by atoms with E-state index in [4.69, 9.17) is 0 Å². The molecular weight excluding hydrogens is 340 g/mol. The van der Waals surface area contributed by atoms with Crippen molar-refractivity contribution in [1.82, 2.24) is 29.4 Å². The normalized spacial score (nSPS) is 31.9. The van der Waals surface area contributed by atoms with E-state index < -0.39 is 0 Å². The van der Waals surface area contributed by atoms with Crippen LogP contribution in [0.1, 0.15) is 51.1 Å². The third-order valence-corrected chi connectivity index (χ3v) is 6.99. The molecule has 0 spiro atoms. The molecule has 4 atom stereocenters. The van der Waals surface area contributed by atoms with Crippen LogP contribution in [0.3, 0.4) is 0 Å². The maximum atomic E-state index is 12.2. The maximum absolute atomic E-state index is 12.2. The number of aromatic nitrogens is 4. The fourth-order valence-electron chi connectivity index (χ4n) is 6.01. The molecule has 2 bridgehead atoms. The van der Waals surface area contributed by atoms with Crippen LogP contribution in [0.5, 0.6) is 0 Å². The number of aromatic amines is 1. The molecule has 7 heteroatoms. The number of nitrogens with zero attached hydrogens (tertiary/aromatic N) is 5. The number of piperidine rings is 3. The lowest BCUT2D eigenvalue weighted by molar-refractivity contribution is -0.0759. The zero-order valence-corrected chi connectivity index (χ0v) is 16.2. The number of H-pyrrole nitrogens is 1. The smallest absolute Gasteiger partial charge is 0.274 e. The van der Waals surface area contributed by atoms with Crippen molar-refractivity contribution in [2.45, 2.75) is 64.1 Å². The Bertz CT molecular complexity index is 860. The van der Waals surface area contributed by atoms with Crippen molar-refractivity contribution in [2.75, 3.05) is 19.6 Å². The Morgan fingerprint density at radius 2 is 2.15 bits per heavy atom. The molecule has 3 saturated heterocycles. The first-order valence-electron chi connectivity index (χ1n) is 10.6. The van der Waals surface area contributed by atoms with Gasteiger partial charge in [0.25, 0.3) is 11.3 Å². The second-order valence-corrected chi connectivity index (χ2v) is 8.72. The second kappa shape index (κ2) is 7.02. The number of hydrogen-bond donors (Lipinski definition) is 1. The van der Waals surface area contributed by atoms with Crippen molar-refractivity contribution in [1.29, 1.82) is 0 Å². The predicted octanol–water partition coefficient (Wildman–Crippen LogP) is 1.89. The zero-order chi connectivity index (χ0) is 18.4. The standard InChI is InChI=1S/C20H30N6O/c1-2-5-17-14-8-15(18-6-3-4-7-25(17)18)11-24(10-14)12-16-9-19(27)26-20(23-16)21-13-22-26/h9,13-15,17-18H,2-8,10-12H2,1H3,(H,21,22,23)/t14-,15+,17-,18-/m0/s1. The first-order chi connectivity index (χ1) is 13.2. The summed E-state index contributed by atoms with van der Waals surface area (Å²) in [5.74, 6) is 2.00. The molecule has 3 aliphatic heterocycles. The monoisotopic (exact) mass is 370 g/mol. The molecule has 0 saturated carbocycles. The molecule has 1 N–H and O–H groups in total. The molecule has 2 aromatic rings. The number of rotatable bonds is 4. The molecule has 0 aromatic carbocycles. The second-order valence-electron chi connectivity index (χ2n) is 8.72. The van der Waals surface area contributed by atoms with Crippen LogP contribution in [0.25, 0.3) is 5.78 Å². The van der Waals surface area contributed by atoms with Crippen molar-refractivity contribution in [3.63, 3.8) is 0 Å². The summed E-state index contributed by atoms with van der Waals surface area (Å²) in [5.41, 5.74) is 0.770. The first-order valence-corrected chi connectivity index (χ1v) is 10.6. The summed E-state index contributed by atoms with van der Waals surface area (Å²) in [7, 11) is 0. The SMILES string of the molecule is CCC[C@H]1[C@H]2C[C@H](CN(Cc3cc(=O)n4[nH]cnc4n3)C2)[C@@H]2CCCCN21. The lowest BCUT2D eigenvalue weighted by Gasteiger charge is -2.57. The minimum absolute atomic E-state index is 0.0768.